The Morgan fingerprint density at radius 2 is 2.04 bits per heavy atom. The average molecular weight is 324 g/mol. The lowest BCUT2D eigenvalue weighted by atomic mass is 9.86. The molecule has 5 nitrogen and oxygen atoms in total. The second kappa shape index (κ2) is 5.53. The summed E-state index contributed by atoms with van der Waals surface area (Å²) in [6.07, 6.45) is 2.14. The molecule has 0 bridgehead atoms. The van der Waals surface area contributed by atoms with Crippen LogP contribution in [-0.2, 0) is 22.4 Å². The lowest BCUT2D eigenvalue weighted by Crippen LogP contribution is -2.54. The fraction of sp³-hybridized carbons (Fsp3) is 0.316. The molecule has 124 valence electrons. The fourth-order valence-corrected chi connectivity index (χ4v) is 3.92. The van der Waals surface area contributed by atoms with Crippen LogP contribution in [0.25, 0.3) is 0 Å². The van der Waals surface area contributed by atoms with Crippen LogP contribution in [0.4, 0.5) is 5.69 Å². The molecule has 1 saturated heterocycles. The van der Waals surface area contributed by atoms with Gasteiger partial charge in [0.05, 0.1) is 18.8 Å². The molecular weight excluding hydrogens is 304 g/mol. The molecule has 2 atom stereocenters. The van der Waals surface area contributed by atoms with E-state index in [9.17, 15) is 9.90 Å². The minimum absolute atomic E-state index is 0.222. The van der Waals surface area contributed by atoms with Crippen LogP contribution in [0.1, 0.15) is 17.5 Å². The molecule has 0 radical (unpaired) electrons. The number of ether oxygens (including phenoxy) is 1. The lowest BCUT2D eigenvalue weighted by molar-refractivity contribution is -0.148. The number of fused-ring (bicyclic) bond motifs is 3. The van der Waals surface area contributed by atoms with E-state index in [-0.39, 0.29) is 17.8 Å². The fourth-order valence-electron chi connectivity index (χ4n) is 3.92. The molecule has 2 aromatic carbocycles. The number of hydrogen-bond donors (Lipinski definition) is 2. The van der Waals surface area contributed by atoms with Crippen molar-refractivity contribution in [3.8, 4) is 5.75 Å². The quantitative estimate of drug-likeness (QED) is 0.848. The predicted octanol–water partition coefficient (Wildman–Crippen LogP) is 2.19. The number of methoxy groups -OCH3 is 1. The number of rotatable bonds is 3. The van der Waals surface area contributed by atoms with Gasteiger partial charge in [0.2, 0.25) is 0 Å². The van der Waals surface area contributed by atoms with Crippen molar-refractivity contribution in [2.24, 2.45) is 0 Å². The van der Waals surface area contributed by atoms with Gasteiger partial charge in [0, 0.05) is 12.8 Å². The predicted molar refractivity (Wildman–Crippen MR) is 90.7 cm³/mol. The van der Waals surface area contributed by atoms with Crippen molar-refractivity contribution in [2.45, 2.75) is 30.8 Å². The van der Waals surface area contributed by atoms with E-state index in [2.05, 4.69) is 22.6 Å². The Labute approximate surface area is 140 Å². The third-order valence-electron chi connectivity index (χ3n) is 5.01. The smallest absolute Gasteiger partial charge is 0.328 e. The number of hydrogen-bond acceptors (Lipinski definition) is 5. The van der Waals surface area contributed by atoms with Crippen LogP contribution in [-0.4, -0.2) is 29.8 Å². The molecule has 2 heterocycles. The molecule has 1 fully saturated rings. The van der Waals surface area contributed by atoms with E-state index in [0.29, 0.717) is 12.8 Å². The number of nitrogens with one attached hydrogen (secondary N) is 1. The highest BCUT2D eigenvalue weighted by Crippen LogP contribution is 2.40. The number of para-hydroxylation sites is 1. The zero-order valence-corrected chi connectivity index (χ0v) is 13.5. The third kappa shape index (κ3) is 2.32. The molecular formula is C19H20N2O3. The van der Waals surface area contributed by atoms with Gasteiger partial charge in [0.15, 0.2) is 0 Å². The largest absolute Gasteiger partial charge is 0.508 e. The number of carbonyl (C=O) groups is 1. The van der Waals surface area contributed by atoms with Crippen molar-refractivity contribution in [3.05, 3.63) is 59.7 Å². The summed E-state index contributed by atoms with van der Waals surface area (Å²) in [7, 11) is 1.43. The highest BCUT2D eigenvalue weighted by Gasteiger charge is 2.52. The number of phenolic OH excluding ortho intramolecular Hbond substituents is 1. The molecule has 0 amide bonds. The van der Waals surface area contributed by atoms with Crippen LogP contribution < -0.4 is 10.4 Å². The Balaban J connectivity index is 1.65. The first-order valence-electron chi connectivity index (χ1n) is 8.12. The van der Waals surface area contributed by atoms with E-state index in [1.165, 1.54) is 12.7 Å². The van der Waals surface area contributed by atoms with Crippen LogP contribution in [0.15, 0.2) is 48.5 Å². The van der Waals surface area contributed by atoms with Crippen molar-refractivity contribution in [2.75, 3.05) is 12.1 Å². The summed E-state index contributed by atoms with van der Waals surface area (Å²) in [5.74, 6) is -0.0257. The molecule has 4 rings (SSSR count). The summed E-state index contributed by atoms with van der Waals surface area (Å²) in [6, 6.07) is 15.5. The van der Waals surface area contributed by atoms with E-state index in [0.717, 1.165) is 17.7 Å². The van der Waals surface area contributed by atoms with E-state index in [1.54, 1.807) is 12.1 Å². The molecule has 2 N–H and O–H groups in total. The third-order valence-corrected chi connectivity index (χ3v) is 5.01. The number of phenols is 1. The zero-order valence-electron chi connectivity index (χ0n) is 13.5. The normalized spacial score (nSPS) is 24.5. The van der Waals surface area contributed by atoms with Crippen molar-refractivity contribution >= 4 is 11.7 Å². The van der Waals surface area contributed by atoms with Crippen LogP contribution in [0.2, 0.25) is 0 Å². The number of benzene rings is 2. The summed E-state index contributed by atoms with van der Waals surface area (Å²) < 4.78 is 5.11. The molecule has 24 heavy (non-hydrogen) atoms. The summed E-state index contributed by atoms with van der Waals surface area (Å²) in [6.45, 7) is 0. The van der Waals surface area contributed by atoms with Crippen molar-refractivity contribution < 1.29 is 14.6 Å². The first-order chi connectivity index (χ1) is 11.6. The van der Waals surface area contributed by atoms with Gasteiger partial charge < -0.3 is 14.9 Å². The monoisotopic (exact) mass is 324 g/mol. The van der Waals surface area contributed by atoms with Gasteiger partial charge in [-0.1, -0.05) is 30.3 Å². The number of hydrazine groups is 1. The highest BCUT2D eigenvalue weighted by molar-refractivity contribution is 5.83. The molecule has 0 aliphatic carbocycles. The Bertz CT molecular complexity index is 774. The molecule has 2 aliphatic rings. The number of aromatic hydroxyl groups is 1. The van der Waals surface area contributed by atoms with Gasteiger partial charge in [-0.3, -0.25) is 0 Å². The van der Waals surface area contributed by atoms with E-state index < -0.39 is 5.54 Å². The topological polar surface area (TPSA) is 61.8 Å². The lowest BCUT2D eigenvalue weighted by Gasteiger charge is -2.28. The standard InChI is InChI=1S/C19H20N2O3/c1-24-18(23)19(11-13-6-8-16(22)9-7-13)12-15-10-14-4-2-3-5-17(14)21(15)20-19/h2-9,15,20,22H,10-12H2,1H3/t15-,19+/m0/s1. The van der Waals surface area contributed by atoms with Crippen LogP contribution in [0, 0.1) is 0 Å². The summed E-state index contributed by atoms with van der Waals surface area (Å²) in [5.41, 5.74) is 6.09. The maximum atomic E-state index is 12.6. The van der Waals surface area contributed by atoms with Crippen LogP contribution >= 0.6 is 0 Å². The Morgan fingerprint density at radius 1 is 1.29 bits per heavy atom. The Hall–Kier alpha value is -2.53. The molecule has 0 unspecified atom stereocenters. The molecule has 0 aromatic heterocycles. The Kier molecular flexibility index (Phi) is 3.46. The van der Waals surface area contributed by atoms with Gasteiger partial charge in [-0.05, 0) is 35.7 Å². The summed E-state index contributed by atoms with van der Waals surface area (Å²) in [4.78, 5) is 12.6. The maximum absolute atomic E-state index is 12.6. The van der Waals surface area contributed by atoms with Gasteiger partial charge >= 0.3 is 5.97 Å². The van der Waals surface area contributed by atoms with E-state index in [4.69, 9.17) is 4.74 Å². The average Bonchev–Trinajstić information content (AvgIpc) is 3.11. The minimum Gasteiger partial charge on any atom is -0.508 e. The van der Waals surface area contributed by atoms with Crippen LogP contribution in [0.3, 0.4) is 0 Å². The summed E-state index contributed by atoms with van der Waals surface area (Å²) >= 11 is 0. The number of anilines is 1. The van der Waals surface area contributed by atoms with Crippen molar-refractivity contribution in [3.63, 3.8) is 0 Å². The first kappa shape index (κ1) is 15.0. The second-order valence-corrected chi connectivity index (χ2v) is 6.59. The first-order valence-corrected chi connectivity index (χ1v) is 8.12. The second-order valence-electron chi connectivity index (χ2n) is 6.59. The van der Waals surface area contributed by atoms with Gasteiger partial charge in [0.1, 0.15) is 11.3 Å². The molecule has 5 heteroatoms. The number of esters is 1. The number of nitrogens with zero attached hydrogens (tertiary/aromatic N) is 1. The highest BCUT2D eigenvalue weighted by atomic mass is 16.5. The zero-order chi connectivity index (χ0) is 16.7. The van der Waals surface area contributed by atoms with Gasteiger partial charge in [-0.25, -0.2) is 10.2 Å². The van der Waals surface area contributed by atoms with E-state index in [1.807, 2.05) is 24.3 Å². The molecule has 2 aromatic rings. The van der Waals surface area contributed by atoms with Crippen molar-refractivity contribution in [1.82, 2.24) is 5.43 Å². The van der Waals surface area contributed by atoms with Gasteiger partial charge in [0.25, 0.3) is 0 Å². The number of carbonyl (C=O) groups excluding carboxylic acids is 1. The SMILES string of the molecule is COC(=O)[C@@]1(Cc2ccc(O)cc2)C[C@@H]2Cc3ccccc3N2N1. The van der Waals surface area contributed by atoms with Crippen molar-refractivity contribution in [1.29, 1.82) is 0 Å². The Morgan fingerprint density at radius 3 is 2.79 bits per heavy atom. The van der Waals surface area contributed by atoms with E-state index >= 15 is 0 Å². The van der Waals surface area contributed by atoms with Gasteiger partial charge in [-0.15, -0.1) is 0 Å². The molecule has 0 saturated carbocycles. The maximum Gasteiger partial charge on any atom is 0.328 e. The summed E-state index contributed by atoms with van der Waals surface area (Å²) in [5, 5.41) is 11.6. The molecule has 2 aliphatic heterocycles. The molecule has 0 spiro atoms. The van der Waals surface area contributed by atoms with Gasteiger partial charge in [-0.2, -0.15) is 0 Å². The minimum atomic E-state index is -0.774. The van der Waals surface area contributed by atoms with Crippen LogP contribution in [0.5, 0.6) is 5.75 Å².